The molecule has 4 unspecified atom stereocenters. The number of aliphatic hydroxyl groups is 1. The van der Waals surface area contributed by atoms with E-state index in [0.29, 0.717) is 24.1 Å². The summed E-state index contributed by atoms with van der Waals surface area (Å²) in [7, 11) is 0. The number of rotatable bonds is 10. The van der Waals surface area contributed by atoms with Crippen molar-refractivity contribution in [2.24, 2.45) is 5.92 Å². The number of carboxylic acid groups (broad SMARTS) is 1. The second-order valence-corrected chi connectivity index (χ2v) is 10.5. The zero-order valence-electron chi connectivity index (χ0n) is 17.8. The highest BCUT2D eigenvalue weighted by molar-refractivity contribution is 7.99. The van der Waals surface area contributed by atoms with E-state index < -0.39 is 12.1 Å². The number of nitrogens with one attached hydrogen (secondary N) is 1. The maximum atomic E-state index is 13.0. The van der Waals surface area contributed by atoms with Gasteiger partial charge in [0.05, 0.1) is 18.2 Å². The van der Waals surface area contributed by atoms with Crippen molar-refractivity contribution in [1.29, 1.82) is 0 Å². The van der Waals surface area contributed by atoms with E-state index in [1.807, 2.05) is 16.7 Å². The van der Waals surface area contributed by atoms with E-state index in [-0.39, 0.29) is 30.6 Å². The molecule has 7 nitrogen and oxygen atoms in total. The molecule has 0 aromatic rings. The van der Waals surface area contributed by atoms with Crippen LogP contribution in [-0.4, -0.2) is 73.9 Å². The zero-order valence-corrected chi connectivity index (χ0v) is 18.6. The molecule has 0 aromatic heterocycles. The van der Waals surface area contributed by atoms with Gasteiger partial charge < -0.3 is 15.1 Å². The van der Waals surface area contributed by atoms with Crippen molar-refractivity contribution in [3.8, 4) is 0 Å². The van der Waals surface area contributed by atoms with E-state index in [1.165, 1.54) is 19.3 Å². The minimum absolute atomic E-state index is 0.0279. The van der Waals surface area contributed by atoms with Gasteiger partial charge >= 0.3 is 12.0 Å². The summed E-state index contributed by atoms with van der Waals surface area (Å²) >= 11 is 1.84. The van der Waals surface area contributed by atoms with Crippen molar-refractivity contribution < 1.29 is 19.8 Å². The summed E-state index contributed by atoms with van der Waals surface area (Å²) < 4.78 is 0. The molecule has 0 radical (unpaired) electrons. The van der Waals surface area contributed by atoms with Gasteiger partial charge in [0.2, 0.25) is 0 Å². The van der Waals surface area contributed by atoms with Crippen LogP contribution in [0.5, 0.6) is 0 Å². The first-order valence-electron chi connectivity index (χ1n) is 11.2. The second-order valence-electron chi connectivity index (χ2n) is 9.08. The number of fused-ring (bicyclic) bond motifs is 1. The molecule has 166 valence electrons. The molecule has 3 aliphatic rings. The fourth-order valence-corrected chi connectivity index (χ4v) is 6.52. The molecule has 2 amide bonds. The maximum absolute atomic E-state index is 13.0. The van der Waals surface area contributed by atoms with Crippen molar-refractivity contribution in [2.75, 3.05) is 12.3 Å². The molecule has 8 heteroatoms. The molecule has 0 aromatic carbocycles. The van der Waals surface area contributed by atoms with Crippen molar-refractivity contribution in [3.63, 3.8) is 0 Å². The lowest BCUT2D eigenvalue weighted by molar-refractivity contribution is -0.137. The number of amides is 2. The Kier molecular flexibility index (Phi) is 8.10. The van der Waals surface area contributed by atoms with Gasteiger partial charge in [0.25, 0.3) is 0 Å². The maximum Gasteiger partial charge on any atom is 0.335 e. The number of aliphatic hydroxyl groups excluding tert-OH is 1. The van der Waals surface area contributed by atoms with E-state index in [9.17, 15) is 14.7 Å². The van der Waals surface area contributed by atoms with Crippen LogP contribution in [0.15, 0.2) is 0 Å². The summed E-state index contributed by atoms with van der Waals surface area (Å²) in [6.45, 7) is 4.55. The summed E-state index contributed by atoms with van der Waals surface area (Å²) in [6.07, 6.45) is 8.18. The van der Waals surface area contributed by atoms with Crippen LogP contribution >= 0.6 is 11.8 Å². The number of hydrazine groups is 1. The van der Waals surface area contributed by atoms with Gasteiger partial charge in [-0.3, -0.25) is 9.80 Å². The number of hydrogen-bond donors (Lipinski definition) is 3. The van der Waals surface area contributed by atoms with E-state index in [2.05, 4.69) is 19.3 Å². The van der Waals surface area contributed by atoms with Gasteiger partial charge in [0.15, 0.2) is 0 Å². The van der Waals surface area contributed by atoms with Gasteiger partial charge in [-0.2, -0.15) is 11.8 Å². The smallest absolute Gasteiger partial charge is 0.335 e. The first-order valence-corrected chi connectivity index (χ1v) is 12.3. The van der Waals surface area contributed by atoms with Crippen molar-refractivity contribution >= 4 is 23.8 Å². The topological polar surface area (TPSA) is 93.1 Å². The molecule has 3 rings (SSSR count). The van der Waals surface area contributed by atoms with Crippen LogP contribution in [-0.2, 0) is 4.79 Å². The highest BCUT2D eigenvalue weighted by atomic mass is 32.2. The van der Waals surface area contributed by atoms with Gasteiger partial charge in [-0.25, -0.2) is 10.2 Å². The Morgan fingerprint density at radius 1 is 1.21 bits per heavy atom. The summed E-state index contributed by atoms with van der Waals surface area (Å²) in [5.74, 6) is 0.448. The molecule has 2 aliphatic carbocycles. The summed E-state index contributed by atoms with van der Waals surface area (Å²) in [4.78, 5) is 25.7. The number of nitrogens with zero attached hydrogens (tertiary/aromatic N) is 2. The van der Waals surface area contributed by atoms with Gasteiger partial charge in [-0.15, -0.1) is 0 Å². The number of thioether (sulfide) groups is 1. The van der Waals surface area contributed by atoms with Gasteiger partial charge in [0, 0.05) is 24.3 Å². The highest BCUT2D eigenvalue weighted by Crippen LogP contribution is 2.41. The van der Waals surface area contributed by atoms with Crippen LogP contribution < -0.4 is 5.43 Å². The fraction of sp³-hybridized carbons (Fsp3) is 0.905. The summed E-state index contributed by atoms with van der Waals surface area (Å²) in [5.41, 5.74) is 3.29. The molecule has 3 N–H and O–H groups in total. The minimum Gasteiger partial charge on any atom is -0.481 e. The first-order chi connectivity index (χ1) is 13.9. The number of carbonyl (C=O) groups is 2. The predicted octanol–water partition coefficient (Wildman–Crippen LogP) is 3.08. The van der Waals surface area contributed by atoms with E-state index in [4.69, 9.17) is 5.11 Å². The Labute approximate surface area is 178 Å². The Bertz CT molecular complexity index is 570. The second kappa shape index (κ2) is 10.4. The summed E-state index contributed by atoms with van der Waals surface area (Å²) in [6, 6.07) is 0.486. The molecular weight excluding hydrogens is 390 g/mol. The molecule has 3 fully saturated rings. The molecule has 0 spiro atoms. The summed E-state index contributed by atoms with van der Waals surface area (Å²) in [5, 5.41) is 21.6. The van der Waals surface area contributed by atoms with Crippen LogP contribution in [0.2, 0.25) is 0 Å². The molecule has 1 heterocycles. The van der Waals surface area contributed by atoms with Gasteiger partial charge in [0.1, 0.15) is 0 Å². The van der Waals surface area contributed by atoms with Crippen LogP contribution in [0, 0.1) is 5.92 Å². The molecule has 0 bridgehead atoms. The highest BCUT2D eigenvalue weighted by Gasteiger charge is 2.52. The Morgan fingerprint density at radius 3 is 2.55 bits per heavy atom. The minimum atomic E-state index is -0.739. The monoisotopic (exact) mass is 427 g/mol. The third-order valence-corrected chi connectivity index (χ3v) is 8.06. The van der Waals surface area contributed by atoms with E-state index in [1.54, 1.807) is 5.01 Å². The fourth-order valence-electron chi connectivity index (χ4n) is 5.21. The van der Waals surface area contributed by atoms with Crippen LogP contribution in [0.3, 0.4) is 0 Å². The Morgan fingerprint density at radius 2 is 1.90 bits per heavy atom. The Hall–Kier alpha value is -0.990. The average Bonchev–Trinajstić information content (AvgIpc) is 3.19. The molecule has 1 aliphatic heterocycles. The molecule has 2 saturated carbocycles. The number of carboxylic acids is 1. The van der Waals surface area contributed by atoms with Crippen LogP contribution in [0.1, 0.15) is 71.6 Å². The van der Waals surface area contributed by atoms with Crippen molar-refractivity contribution in [3.05, 3.63) is 0 Å². The zero-order chi connectivity index (χ0) is 21.0. The van der Waals surface area contributed by atoms with Crippen LogP contribution in [0.4, 0.5) is 4.79 Å². The number of aliphatic carboxylic acids is 1. The number of carbonyl (C=O) groups excluding carboxylic acids is 1. The van der Waals surface area contributed by atoms with Crippen molar-refractivity contribution in [1.82, 2.24) is 15.3 Å². The SMILES string of the molecule is CC(C)N1C(=O)N(NCC(O)C2CCCCC2)C2CC(SCCCC(=O)O)CC21. The number of hydrogen-bond acceptors (Lipinski definition) is 5. The Balaban J connectivity index is 1.55. The van der Waals surface area contributed by atoms with E-state index >= 15 is 0 Å². The normalized spacial score (nSPS) is 29.0. The van der Waals surface area contributed by atoms with Crippen LogP contribution in [0.25, 0.3) is 0 Å². The lowest BCUT2D eigenvalue weighted by Crippen LogP contribution is -2.50. The lowest BCUT2D eigenvalue weighted by Gasteiger charge is -2.30. The quantitative estimate of drug-likeness (QED) is 0.464. The molecule has 29 heavy (non-hydrogen) atoms. The largest absolute Gasteiger partial charge is 0.481 e. The number of urea groups is 1. The van der Waals surface area contributed by atoms with Crippen molar-refractivity contribution in [2.45, 2.75) is 101 Å². The van der Waals surface area contributed by atoms with Gasteiger partial charge in [-0.05, 0) is 57.6 Å². The lowest BCUT2D eigenvalue weighted by atomic mass is 9.85. The third kappa shape index (κ3) is 5.58. The molecular formula is C21H37N3O4S. The average molecular weight is 428 g/mol. The molecule has 1 saturated heterocycles. The third-order valence-electron chi connectivity index (χ3n) is 6.68. The van der Waals surface area contributed by atoms with Gasteiger partial charge in [-0.1, -0.05) is 19.3 Å². The van der Waals surface area contributed by atoms with E-state index in [0.717, 1.165) is 31.4 Å². The first kappa shape index (κ1) is 22.7. The molecule has 4 atom stereocenters. The standard InChI is InChI=1S/C21H37N3O4S/c1-14(2)23-17-11-16(29-10-6-9-20(26)27)12-18(17)24(21(23)28)22-13-19(25)15-7-4-3-5-8-15/h14-19,22,25H,3-13H2,1-2H3,(H,26,27). The predicted molar refractivity (Wildman–Crippen MR) is 115 cm³/mol.